The highest BCUT2D eigenvalue weighted by Crippen LogP contribution is 2.39. The normalized spacial score (nSPS) is 39.8. The van der Waals surface area contributed by atoms with Crippen LogP contribution in [0.1, 0.15) is 33.6 Å². The van der Waals surface area contributed by atoms with Gasteiger partial charge in [-0.2, -0.15) is 0 Å². The second-order valence-electron chi connectivity index (χ2n) is 4.45. The molecule has 1 aliphatic rings. The lowest BCUT2D eigenvalue weighted by atomic mass is 9.87. The van der Waals surface area contributed by atoms with E-state index in [-0.39, 0.29) is 17.6 Å². The first-order chi connectivity index (χ1) is 5.87. The second kappa shape index (κ2) is 3.39. The maximum atomic E-state index is 11.1. The average Bonchev–Trinajstić information content (AvgIpc) is 2.28. The summed E-state index contributed by atoms with van der Waals surface area (Å²) in [5, 5.41) is 19.6. The van der Waals surface area contributed by atoms with Gasteiger partial charge in [0.1, 0.15) is 5.78 Å². The number of ketones is 1. The van der Waals surface area contributed by atoms with Crippen LogP contribution < -0.4 is 0 Å². The highest BCUT2D eigenvalue weighted by atomic mass is 16.3. The molecule has 3 unspecified atom stereocenters. The number of hydrogen-bond acceptors (Lipinski definition) is 3. The maximum Gasteiger partial charge on any atom is 0.135 e. The van der Waals surface area contributed by atoms with Crippen molar-refractivity contribution in [2.75, 3.05) is 0 Å². The molecule has 0 amide bonds. The minimum absolute atomic E-state index is 0.0240. The van der Waals surface area contributed by atoms with E-state index in [4.69, 9.17) is 0 Å². The van der Waals surface area contributed by atoms with E-state index in [2.05, 4.69) is 0 Å². The van der Waals surface area contributed by atoms with Gasteiger partial charge in [-0.15, -0.1) is 0 Å². The van der Waals surface area contributed by atoms with Gasteiger partial charge in [-0.3, -0.25) is 4.79 Å². The molecule has 1 fully saturated rings. The van der Waals surface area contributed by atoms with Crippen LogP contribution >= 0.6 is 0 Å². The molecule has 3 heteroatoms. The zero-order valence-electron chi connectivity index (χ0n) is 8.45. The van der Waals surface area contributed by atoms with E-state index in [9.17, 15) is 15.0 Å². The zero-order valence-corrected chi connectivity index (χ0v) is 8.45. The molecular formula is C10H18O3. The smallest absolute Gasteiger partial charge is 0.135 e. The molecule has 0 aromatic carbocycles. The molecular weight excluding hydrogens is 168 g/mol. The van der Waals surface area contributed by atoms with Crippen LogP contribution in [0, 0.1) is 11.8 Å². The van der Waals surface area contributed by atoms with Crippen molar-refractivity contribution in [3.05, 3.63) is 0 Å². The predicted molar refractivity (Wildman–Crippen MR) is 49.2 cm³/mol. The van der Waals surface area contributed by atoms with Crippen LogP contribution in [-0.4, -0.2) is 27.7 Å². The summed E-state index contributed by atoms with van der Waals surface area (Å²) in [6.07, 6.45) is 0.0701. The van der Waals surface area contributed by atoms with Gasteiger partial charge in [0.05, 0.1) is 11.7 Å². The Bertz CT molecular complexity index is 212. The minimum atomic E-state index is -0.851. The highest BCUT2D eigenvalue weighted by molar-refractivity contribution is 5.79. The van der Waals surface area contributed by atoms with E-state index in [0.717, 1.165) is 0 Å². The largest absolute Gasteiger partial charge is 0.392 e. The summed E-state index contributed by atoms with van der Waals surface area (Å²) in [4.78, 5) is 11.1. The van der Waals surface area contributed by atoms with Crippen LogP contribution in [0.25, 0.3) is 0 Å². The first kappa shape index (κ1) is 10.7. The van der Waals surface area contributed by atoms with E-state index in [1.165, 1.54) is 6.92 Å². The number of hydrogen-bond donors (Lipinski definition) is 2. The first-order valence-electron chi connectivity index (χ1n) is 4.77. The molecule has 1 saturated carbocycles. The fourth-order valence-electron chi connectivity index (χ4n) is 1.99. The number of rotatable bonds is 2. The lowest BCUT2D eigenvalue weighted by Gasteiger charge is -2.26. The number of Topliss-reactive ketones (excluding diaryl/α,β-unsaturated/α-hetero) is 1. The Balaban J connectivity index is 2.75. The van der Waals surface area contributed by atoms with E-state index in [1.807, 2.05) is 13.8 Å². The van der Waals surface area contributed by atoms with Crippen molar-refractivity contribution in [1.82, 2.24) is 0 Å². The molecule has 0 saturated heterocycles. The summed E-state index contributed by atoms with van der Waals surface area (Å²) >= 11 is 0. The quantitative estimate of drug-likeness (QED) is 0.668. The fraction of sp³-hybridized carbons (Fsp3) is 0.900. The third kappa shape index (κ3) is 1.92. The van der Waals surface area contributed by atoms with Gasteiger partial charge in [-0.1, -0.05) is 13.8 Å². The van der Waals surface area contributed by atoms with E-state index in [0.29, 0.717) is 12.8 Å². The van der Waals surface area contributed by atoms with Crippen molar-refractivity contribution in [1.29, 1.82) is 0 Å². The van der Waals surface area contributed by atoms with Gasteiger partial charge in [0.15, 0.2) is 0 Å². The zero-order chi connectivity index (χ0) is 10.2. The standard InChI is InChI=1S/C10H18O3/c1-6(2)10(13)4-8(7(3)11)9(12)5-10/h6,8-9,12-13H,4-5H2,1-3H3. The molecule has 1 rings (SSSR count). The molecule has 0 bridgehead atoms. The fourth-order valence-corrected chi connectivity index (χ4v) is 1.99. The Hall–Kier alpha value is -0.410. The topological polar surface area (TPSA) is 57.5 Å². The Morgan fingerprint density at radius 1 is 1.46 bits per heavy atom. The Morgan fingerprint density at radius 3 is 2.23 bits per heavy atom. The van der Waals surface area contributed by atoms with Crippen molar-refractivity contribution in [2.45, 2.75) is 45.3 Å². The van der Waals surface area contributed by atoms with Crippen LogP contribution in [0.5, 0.6) is 0 Å². The second-order valence-corrected chi connectivity index (χ2v) is 4.45. The highest BCUT2D eigenvalue weighted by Gasteiger charge is 2.46. The first-order valence-corrected chi connectivity index (χ1v) is 4.77. The van der Waals surface area contributed by atoms with Gasteiger partial charge in [0, 0.05) is 12.3 Å². The molecule has 0 heterocycles. The molecule has 3 atom stereocenters. The molecule has 2 N–H and O–H groups in total. The molecule has 1 aliphatic carbocycles. The van der Waals surface area contributed by atoms with Crippen LogP contribution in [0.2, 0.25) is 0 Å². The third-order valence-electron chi connectivity index (χ3n) is 3.20. The van der Waals surface area contributed by atoms with Crippen molar-refractivity contribution < 1.29 is 15.0 Å². The predicted octanol–water partition coefficient (Wildman–Crippen LogP) is 0.733. The van der Waals surface area contributed by atoms with Crippen LogP contribution in [-0.2, 0) is 4.79 Å². The van der Waals surface area contributed by atoms with E-state index >= 15 is 0 Å². The lowest BCUT2D eigenvalue weighted by molar-refractivity contribution is -0.123. The summed E-state index contributed by atoms with van der Waals surface area (Å²) < 4.78 is 0. The number of carbonyl (C=O) groups excluding carboxylic acids is 1. The summed E-state index contributed by atoms with van der Waals surface area (Å²) in [5.74, 6) is -0.303. The Labute approximate surface area is 78.8 Å². The molecule has 13 heavy (non-hydrogen) atoms. The SMILES string of the molecule is CC(=O)C1CC(O)(C(C)C)CC1O. The Kier molecular flexibility index (Phi) is 2.78. The van der Waals surface area contributed by atoms with Crippen molar-refractivity contribution in [2.24, 2.45) is 11.8 Å². The van der Waals surface area contributed by atoms with Gasteiger partial charge in [-0.25, -0.2) is 0 Å². The van der Waals surface area contributed by atoms with Crippen molar-refractivity contribution in [3.8, 4) is 0 Å². The molecule has 0 aromatic rings. The number of carbonyl (C=O) groups is 1. The van der Waals surface area contributed by atoms with Gasteiger partial charge in [0.2, 0.25) is 0 Å². The van der Waals surface area contributed by atoms with E-state index < -0.39 is 11.7 Å². The number of aliphatic hydroxyl groups excluding tert-OH is 1. The van der Waals surface area contributed by atoms with Crippen molar-refractivity contribution in [3.63, 3.8) is 0 Å². The molecule has 0 aromatic heterocycles. The molecule has 0 radical (unpaired) electrons. The Morgan fingerprint density at radius 2 is 2.00 bits per heavy atom. The summed E-state index contributed by atoms with van der Waals surface area (Å²) in [7, 11) is 0. The third-order valence-corrected chi connectivity index (χ3v) is 3.20. The van der Waals surface area contributed by atoms with Crippen molar-refractivity contribution >= 4 is 5.78 Å². The number of aliphatic hydroxyl groups is 2. The molecule has 76 valence electrons. The van der Waals surface area contributed by atoms with Crippen LogP contribution in [0.15, 0.2) is 0 Å². The van der Waals surface area contributed by atoms with E-state index in [1.54, 1.807) is 0 Å². The van der Waals surface area contributed by atoms with Gasteiger partial charge < -0.3 is 10.2 Å². The van der Waals surface area contributed by atoms with Gasteiger partial charge >= 0.3 is 0 Å². The lowest BCUT2D eigenvalue weighted by Crippen LogP contribution is -2.32. The van der Waals surface area contributed by atoms with Gasteiger partial charge in [0.25, 0.3) is 0 Å². The maximum absolute atomic E-state index is 11.1. The summed E-state index contributed by atoms with van der Waals surface area (Å²) in [6, 6.07) is 0. The van der Waals surface area contributed by atoms with Crippen LogP contribution in [0.3, 0.4) is 0 Å². The van der Waals surface area contributed by atoms with Gasteiger partial charge in [-0.05, 0) is 19.3 Å². The molecule has 0 spiro atoms. The minimum Gasteiger partial charge on any atom is -0.392 e. The summed E-state index contributed by atoms with van der Waals surface area (Å²) in [6.45, 7) is 5.30. The molecule has 3 nitrogen and oxygen atoms in total. The molecule has 0 aliphatic heterocycles. The van der Waals surface area contributed by atoms with Crippen LogP contribution in [0.4, 0.5) is 0 Å². The summed E-state index contributed by atoms with van der Waals surface area (Å²) in [5.41, 5.74) is -0.851. The average molecular weight is 186 g/mol. The monoisotopic (exact) mass is 186 g/mol.